The first-order valence-corrected chi connectivity index (χ1v) is 8.57. The number of thiazole rings is 1. The zero-order chi connectivity index (χ0) is 14.6. The van der Waals surface area contributed by atoms with Crippen LogP contribution in [0.2, 0.25) is 0 Å². The van der Waals surface area contributed by atoms with E-state index >= 15 is 0 Å². The van der Waals surface area contributed by atoms with Gasteiger partial charge in [-0.05, 0) is 38.1 Å². The number of aromatic nitrogens is 2. The van der Waals surface area contributed by atoms with Crippen molar-refractivity contribution in [3.63, 3.8) is 0 Å². The van der Waals surface area contributed by atoms with Crippen LogP contribution in [-0.4, -0.2) is 52.7 Å². The molecule has 0 aliphatic carbocycles. The lowest BCUT2D eigenvalue weighted by Gasteiger charge is -2.50. The highest BCUT2D eigenvalue weighted by Crippen LogP contribution is 2.41. The van der Waals surface area contributed by atoms with Crippen LogP contribution in [0.4, 0.5) is 5.13 Å². The fourth-order valence-corrected chi connectivity index (χ4v) is 4.66. The van der Waals surface area contributed by atoms with Gasteiger partial charge in [-0.3, -0.25) is 10.2 Å². The topological polar surface area (TPSA) is 62.6 Å². The van der Waals surface area contributed by atoms with Gasteiger partial charge in [0.05, 0.1) is 6.54 Å². The van der Waals surface area contributed by atoms with Gasteiger partial charge in [0, 0.05) is 18.7 Å². The van der Waals surface area contributed by atoms with Crippen LogP contribution in [0, 0.1) is 5.92 Å². The maximum absolute atomic E-state index is 6.27. The molecule has 3 fully saturated rings. The van der Waals surface area contributed by atoms with Crippen molar-refractivity contribution in [2.45, 2.75) is 18.4 Å². The Kier molecular flexibility index (Phi) is 2.69. The van der Waals surface area contributed by atoms with Gasteiger partial charge in [-0.15, -0.1) is 0 Å². The lowest BCUT2D eigenvalue weighted by atomic mass is 9.75. The van der Waals surface area contributed by atoms with Crippen LogP contribution in [0.1, 0.15) is 12.8 Å². The van der Waals surface area contributed by atoms with Gasteiger partial charge in [-0.25, -0.2) is 15.0 Å². The first-order chi connectivity index (χ1) is 10.8. The van der Waals surface area contributed by atoms with E-state index < -0.39 is 0 Å². The number of anilines is 1. The van der Waals surface area contributed by atoms with Crippen LogP contribution in [0.5, 0.6) is 0 Å². The summed E-state index contributed by atoms with van der Waals surface area (Å²) in [5, 5.41) is 4.04. The van der Waals surface area contributed by atoms with E-state index in [1.165, 1.54) is 37.3 Å². The SMILES string of the molecule is c1cnc2sc(NC3=NCC4(CN5CCC4CC5)O3)nc2c1. The van der Waals surface area contributed by atoms with Gasteiger partial charge in [-0.1, -0.05) is 11.3 Å². The molecule has 6 heterocycles. The molecule has 1 unspecified atom stereocenters. The minimum atomic E-state index is -0.103. The lowest BCUT2D eigenvalue weighted by molar-refractivity contribution is -0.0829. The van der Waals surface area contributed by atoms with E-state index in [0.717, 1.165) is 28.6 Å². The summed E-state index contributed by atoms with van der Waals surface area (Å²) in [5.41, 5.74) is 0.805. The molecule has 6 nitrogen and oxygen atoms in total. The molecule has 0 radical (unpaired) electrons. The summed E-state index contributed by atoms with van der Waals surface area (Å²) in [5.74, 6) is 0.637. The molecule has 2 aromatic rings. The van der Waals surface area contributed by atoms with E-state index in [2.05, 4.69) is 25.2 Å². The lowest BCUT2D eigenvalue weighted by Crippen LogP contribution is -2.61. The molecule has 0 aromatic carbocycles. The van der Waals surface area contributed by atoms with Gasteiger partial charge in [0.2, 0.25) is 0 Å². The molecule has 2 bridgehead atoms. The summed E-state index contributed by atoms with van der Waals surface area (Å²) in [6.45, 7) is 4.19. The van der Waals surface area contributed by atoms with Crippen molar-refractivity contribution in [2.24, 2.45) is 10.9 Å². The number of hydrogen-bond donors (Lipinski definition) is 1. The van der Waals surface area contributed by atoms with Crippen LogP contribution in [-0.2, 0) is 4.74 Å². The standard InChI is InChI=1S/C15H17N5OS/c1-2-11-12(16-5-1)22-14(18-11)19-13-17-8-15(21-13)9-20-6-3-10(15)4-7-20/h1-2,5,10H,3-4,6-9H2,(H,17,18,19). The zero-order valence-electron chi connectivity index (χ0n) is 12.2. The predicted octanol–water partition coefficient (Wildman–Crippen LogP) is 1.95. The number of pyridine rings is 1. The molecule has 3 saturated heterocycles. The Morgan fingerprint density at radius 1 is 1.36 bits per heavy atom. The maximum Gasteiger partial charge on any atom is 0.291 e. The Morgan fingerprint density at radius 2 is 2.27 bits per heavy atom. The molecule has 22 heavy (non-hydrogen) atoms. The molecule has 4 aliphatic rings. The van der Waals surface area contributed by atoms with Crippen molar-refractivity contribution in [1.82, 2.24) is 14.9 Å². The Balaban J connectivity index is 1.35. The van der Waals surface area contributed by atoms with Crippen LogP contribution >= 0.6 is 11.3 Å². The predicted molar refractivity (Wildman–Crippen MR) is 86.3 cm³/mol. The first-order valence-electron chi connectivity index (χ1n) is 7.75. The molecular formula is C15H17N5OS. The third-order valence-electron chi connectivity index (χ3n) is 4.99. The van der Waals surface area contributed by atoms with E-state index in [9.17, 15) is 0 Å². The average molecular weight is 315 g/mol. The summed E-state index contributed by atoms with van der Waals surface area (Å²) in [4.78, 5) is 16.9. The van der Waals surface area contributed by atoms with Crippen molar-refractivity contribution in [3.05, 3.63) is 18.3 Å². The molecule has 4 aliphatic heterocycles. The van der Waals surface area contributed by atoms with E-state index in [0.29, 0.717) is 11.9 Å². The van der Waals surface area contributed by atoms with Gasteiger partial charge in [0.1, 0.15) is 15.9 Å². The third-order valence-corrected chi connectivity index (χ3v) is 5.89. The number of amidine groups is 1. The molecule has 0 saturated carbocycles. The van der Waals surface area contributed by atoms with E-state index in [1.54, 1.807) is 6.20 Å². The Hall–Kier alpha value is -1.73. The molecule has 2 aromatic heterocycles. The summed E-state index contributed by atoms with van der Waals surface area (Å²) in [7, 11) is 0. The summed E-state index contributed by atoms with van der Waals surface area (Å²) >= 11 is 1.53. The van der Waals surface area contributed by atoms with Crippen LogP contribution in [0.3, 0.4) is 0 Å². The number of piperidine rings is 3. The van der Waals surface area contributed by atoms with Gasteiger partial charge in [-0.2, -0.15) is 0 Å². The van der Waals surface area contributed by atoms with Crippen LogP contribution in [0.25, 0.3) is 10.3 Å². The fourth-order valence-electron chi connectivity index (χ4n) is 3.86. The van der Waals surface area contributed by atoms with E-state index in [1.807, 2.05) is 12.1 Å². The molecule has 0 amide bonds. The number of hydrogen-bond acceptors (Lipinski definition) is 7. The monoisotopic (exact) mass is 315 g/mol. The molecule has 1 spiro atoms. The number of fused-ring (bicyclic) bond motifs is 3. The van der Waals surface area contributed by atoms with Gasteiger partial charge >= 0.3 is 0 Å². The number of ether oxygens (including phenoxy) is 1. The molecule has 1 atom stereocenters. The minimum Gasteiger partial charge on any atom is -0.455 e. The summed E-state index contributed by atoms with van der Waals surface area (Å²) in [6.07, 6.45) is 4.25. The highest BCUT2D eigenvalue weighted by molar-refractivity contribution is 7.21. The molecule has 1 N–H and O–H groups in total. The molecular weight excluding hydrogens is 298 g/mol. The molecule has 6 rings (SSSR count). The van der Waals surface area contributed by atoms with Crippen molar-refractivity contribution < 1.29 is 4.74 Å². The number of nitrogens with one attached hydrogen (secondary N) is 1. The third kappa shape index (κ3) is 1.92. The van der Waals surface area contributed by atoms with Crippen LogP contribution < -0.4 is 5.32 Å². The van der Waals surface area contributed by atoms with Gasteiger partial charge in [0.15, 0.2) is 5.13 Å². The number of rotatable bonds is 1. The van der Waals surface area contributed by atoms with Gasteiger partial charge in [0.25, 0.3) is 6.02 Å². The Bertz CT molecular complexity index is 718. The normalized spacial score (nSPS) is 33.2. The van der Waals surface area contributed by atoms with Crippen molar-refractivity contribution in [2.75, 3.05) is 31.5 Å². The second kappa shape index (κ2) is 4.63. The quantitative estimate of drug-likeness (QED) is 0.871. The summed E-state index contributed by atoms with van der Waals surface area (Å²) < 4.78 is 6.27. The van der Waals surface area contributed by atoms with E-state index in [-0.39, 0.29) is 5.60 Å². The highest BCUT2D eigenvalue weighted by atomic mass is 32.1. The minimum absolute atomic E-state index is 0.103. The highest BCUT2D eigenvalue weighted by Gasteiger charge is 2.51. The fraction of sp³-hybridized carbons (Fsp3) is 0.533. The van der Waals surface area contributed by atoms with Crippen molar-refractivity contribution >= 4 is 32.8 Å². The largest absolute Gasteiger partial charge is 0.455 e. The van der Waals surface area contributed by atoms with Gasteiger partial charge < -0.3 is 4.74 Å². The van der Waals surface area contributed by atoms with E-state index in [4.69, 9.17) is 4.74 Å². The number of aliphatic imine (C=N–C) groups is 1. The smallest absolute Gasteiger partial charge is 0.291 e. The summed E-state index contributed by atoms with van der Waals surface area (Å²) in [6, 6.07) is 4.49. The Labute approximate surface area is 132 Å². The first kappa shape index (κ1) is 12.8. The van der Waals surface area contributed by atoms with Crippen molar-refractivity contribution in [1.29, 1.82) is 0 Å². The zero-order valence-corrected chi connectivity index (χ0v) is 13.0. The molecule has 7 heteroatoms. The molecule has 114 valence electrons. The Morgan fingerprint density at radius 3 is 3.05 bits per heavy atom. The average Bonchev–Trinajstić information content (AvgIpc) is 3.12. The van der Waals surface area contributed by atoms with Crippen molar-refractivity contribution in [3.8, 4) is 0 Å². The second-order valence-electron chi connectivity index (χ2n) is 6.31. The number of nitrogens with zero attached hydrogens (tertiary/aromatic N) is 4. The maximum atomic E-state index is 6.27. The second-order valence-corrected chi connectivity index (χ2v) is 7.29. The van der Waals surface area contributed by atoms with Crippen LogP contribution in [0.15, 0.2) is 23.3 Å².